The van der Waals surface area contributed by atoms with Crippen molar-refractivity contribution in [3.05, 3.63) is 65.2 Å². The van der Waals surface area contributed by atoms with Crippen LogP contribution >= 0.6 is 0 Å². The van der Waals surface area contributed by atoms with E-state index in [9.17, 15) is 13.2 Å². The first-order chi connectivity index (χ1) is 19.0. The number of aromatic nitrogens is 2. The average Bonchev–Trinajstić information content (AvgIpc) is 3.08. The van der Waals surface area contributed by atoms with E-state index in [1.54, 1.807) is 23.1 Å². The molecule has 0 unspecified atom stereocenters. The predicted molar refractivity (Wildman–Crippen MR) is 153 cm³/mol. The molecule has 9 nitrogen and oxygen atoms in total. The first kappa shape index (κ1) is 26.7. The van der Waals surface area contributed by atoms with Crippen molar-refractivity contribution in [2.24, 2.45) is 5.41 Å². The maximum absolute atomic E-state index is 13.7. The van der Waals surface area contributed by atoms with Gasteiger partial charge in [-0.3, -0.25) is 9.69 Å². The van der Waals surface area contributed by atoms with Gasteiger partial charge in [-0.05, 0) is 61.4 Å². The smallest absolute Gasteiger partial charge is 0.264 e. The van der Waals surface area contributed by atoms with E-state index in [1.165, 1.54) is 12.1 Å². The number of sulfonamides is 1. The number of amides is 1. The van der Waals surface area contributed by atoms with E-state index < -0.39 is 10.0 Å². The van der Waals surface area contributed by atoms with Crippen molar-refractivity contribution in [2.75, 3.05) is 30.9 Å². The number of hydrogen-bond donors (Lipinski definition) is 1. The topological polar surface area (TPSA) is 105 Å². The summed E-state index contributed by atoms with van der Waals surface area (Å²) in [5.74, 6) is -0.0200. The molecule has 210 valence electrons. The van der Waals surface area contributed by atoms with E-state index in [-0.39, 0.29) is 28.7 Å². The minimum atomic E-state index is -4.07. The fourth-order valence-corrected chi connectivity index (χ4v) is 7.26. The lowest BCUT2D eigenvalue weighted by molar-refractivity contribution is 0.0120. The highest BCUT2D eigenvalue weighted by atomic mass is 32.2. The number of carbonyl (C=O) groups excluding carboxylic acids is 1. The largest absolute Gasteiger partial charge is 0.471 e. The van der Waals surface area contributed by atoms with Crippen LogP contribution < -0.4 is 9.46 Å². The van der Waals surface area contributed by atoms with Crippen LogP contribution in [0.4, 0.5) is 5.95 Å². The summed E-state index contributed by atoms with van der Waals surface area (Å²) in [6, 6.07) is 14.3. The number of ether oxygens (including phenoxy) is 1. The molecule has 3 heterocycles. The minimum absolute atomic E-state index is 0.0224. The summed E-state index contributed by atoms with van der Waals surface area (Å²) in [7, 11) is -4.07. The normalized spacial score (nSPS) is 22.4. The van der Waals surface area contributed by atoms with Gasteiger partial charge in [0.25, 0.3) is 15.9 Å². The Hall–Kier alpha value is -3.50. The average molecular weight is 562 g/mol. The molecule has 2 fully saturated rings. The Labute approximate surface area is 235 Å². The lowest BCUT2D eigenvalue weighted by atomic mass is 9.68. The van der Waals surface area contributed by atoms with Gasteiger partial charge in [0.05, 0.1) is 17.1 Å². The van der Waals surface area contributed by atoms with Crippen LogP contribution in [-0.4, -0.2) is 72.4 Å². The molecule has 40 heavy (non-hydrogen) atoms. The molecule has 1 atom stereocenters. The van der Waals surface area contributed by atoms with Crippen LogP contribution in [0.3, 0.4) is 0 Å². The predicted octanol–water partition coefficient (Wildman–Crippen LogP) is 4.27. The van der Waals surface area contributed by atoms with Crippen molar-refractivity contribution in [3.63, 3.8) is 0 Å². The van der Waals surface area contributed by atoms with Crippen molar-refractivity contribution in [2.45, 2.75) is 57.6 Å². The van der Waals surface area contributed by atoms with Gasteiger partial charge in [-0.1, -0.05) is 38.1 Å². The highest BCUT2D eigenvalue weighted by Gasteiger charge is 2.41. The zero-order valence-electron chi connectivity index (χ0n) is 23.3. The van der Waals surface area contributed by atoms with Crippen LogP contribution in [0, 0.1) is 19.3 Å². The van der Waals surface area contributed by atoms with Gasteiger partial charge in [0.15, 0.2) is 0 Å². The molecule has 1 N–H and O–H groups in total. The van der Waals surface area contributed by atoms with Crippen LogP contribution in [0.25, 0.3) is 11.3 Å². The Morgan fingerprint density at radius 3 is 2.42 bits per heavy atom. The van der Waals surface area contributed by atoms with Gasteiger partial charge in [0, 0.05) is 42.9 Å². The van der Waals surface area contributed by atoms with Crippen molar-refractivity contribution >= 4 is 21.9 Å². The molecule has 6 rings (SSSR count). The van der Waals surface area contributed by atoms with Gasteiger partial charge in [-0.25, -0.2) is 18.1 Å². The molecule has 0 radical (unpaired) electrons. The number of aryl methyl sites for hydroxylation is 2. The maximum atomic E-state index is 13.7. The number of fused-ring (bicyclic) bond motifs is 6. The highest BCUT2D eigenvalue weighted by Crippen LogP contribution is 2.43. The SMILES string of the molecule is Cc1cccc(C)c1-c1cc2nc(n1)NS(=O)(=O)c1cccc(c1)C(=O)N1CCN(C3CC(C)(C)C3)C[C@H](C1)O2. The highest BCUT2D eigenvalue weighted by molar-refractivity contribution is 7.92. The number of benzene rings is 2. The van der Waals surface area contributed by atoms with Gasteiger partial charge >= 0.3 is 0 Å². The molecule has 1 aromatic heterocycles. The number of rotatable bonds is 2. The van der Waals surface area contributed by atoms with E-state index in [0.717, 1.165) is 36.1 Å². The second-order valence-corrected chi connectivity index (χ2v) is 13.7. The van der Waals surface area contributed by atoms with Gasteiger partial charge in [-0.15, -0.1) is 0 Å². The molecule has 1 amide bonds. The quantitative estimate of drug-likeness (QED) is 0.498. The third kappa shape index (κ3) is 5.17. The van der Waals surface area contributed by atoms with Crippen molar-refractivity contribution in [1.82, 2.24) is 19.8 Å². The molecule has 3 aromatic rings. The number of carbonyl (C=O) groups is 1. The van der Waals surface area contributed by atoms with Crippen molar-refractivity contribution < 1.29 is 17.9 Å². The molecule has 1 saturated heterocycles. The summed E-state index contributed by atoms with van der Waals surface area (Å²) in [5.41, 5.74) is 4.13. The van der Waals surface area contributed by atoms with Crippen molar-refractivity contribution in [3.8, 4) is 17.1 Å². The van der Waals surface area contributed by atoms with E-state index in [0.29, 0.717) is 42.3 Å². The maximum Gasteiger partial charge on any atom is 0.264 e. The molecule has 1 saturated carbocycles. The first-order valence-corrected chi connectivity index (χ1v) is 15.2. The standard InChI is InChI=1S/C30H35N5O4S/c1-19-7-5-8-20(2)27(19)25-14-26-32-29(31-25)33-40(37,38)24-10-6-9-21(13-24)28(36)35-12-11-34(17-23(18-35)39-26)22-15-30(3,4)16-22/h5-10,13-14,22-23H,11-12,15-18H2,1-4H3,(H,31,32,33)/t23-/m1/s1. The molecule has 3 aliphatic rings. The molecule has 1 aliphatic carbocycles. The summed E-state index contributed by atoms with van der Waals surface area (Å²) in [4.78, 5) is 27.0. The number of hydrogen-bond acceptors (Lipinski definition) is 7. The van der Waals surface area contributed by atoms with E-state index >= 15 is 0 Å². The molecule has 0 spiro atoms. The summed E-state index contributed by atoms with van der Waals surface area (Å²) >= 11 is 0. The Morgan fingerprint density at radius 1 is 0.975 bits per heavy atom. The van der Waals surface area contributed by atoms with E-state index in [2.05, 4.69) is 33.4 Å². The summed E-state index contributed by atoms with van der Waals surface area (Å²) in [5, 5.41) is 0. The fraction of sp³-hybridized carbons (Fsp3) is 0.433. The minimum Gasteiger partial charge on any atom is -0.471 e. The van der Waals surface area contributed by atoms with E-state index in [4.69, 9.17) is 4.74 Å². The zero-order valence-corrected chi connectivity index (χ0v) is 24.2. The zero-order chi connectivity index (χ0) is 28.2. The van der Waals surface area contributed by atoms with Gasteiger partial charge < -0.3 is 9.64 Å². The van der Waals surface area contributed by atoms with Crippen LogP contribution in [0.1, 0.15) is 48.2 Å². The monoisotopic (exact) mass is 561 g/mol. The van der Waals surface area contributed by atoms with Crippen LogP contribution in [-0.2, 0) is 10.0 Å². The second-order valence-electron chi connectivity index (χ2n) is 12.0. The van der Waals surface area contributed by atoms with Gasteiger partial charge in [0.1, 0.15) is 6.10 Å². The molecular weight excluding hydrogens is 526 g/mol. The number of nitrogens with one attached hydrogen (secondary N) is 1. The number of nitrogens with zero attached hydrogens (tertiary/aromatic N) is 4. The molecule has 2 aromatic carbocycles. The fourth-order valence-electron chi connectivity index (χ4n) is 6.27. The first-order valence-electron chi connectivity index (χ1n) is 13.8. The van der Waals surface area contributed by atoms with Crippen LogP contribution in [0.15, 0.2) is 53.4 Å². The third-order valence-electron chi connectivity index (χ3n) is 8.24. The molecule has 2 aliphatic heterocycles. The summed E-state index contributed by atoms with van der Waals surface area (Å²) < 4.78 is 35.8. The molecule has 6 bridgehead atoms. The lowest BCUT2D eigenvalue weighted by Crippen LogP contribution is -2.51. The Morgan fingerprint density at radius 2 is 1.70 bits per heavy atom. The lowest BCUT2D eigenvalue weighted by Gasteiger charge is -2.48. The van der Waals surface area contributed by atoms with Gasteiger partial charge in [-0.2, -0.15) is 4.98 Å². The number of anilines is 1. The van der Waals surface area contributed by atoms with Crippen LogP contribution in [0.5, 0.6) is 5.88 Å². The van der Waals surface area contributed by atoms with Crippen molar-refractivity contribution in [1.29, 1.82) is 0 Å². The Kier molecular flexibility index (Phi) is 6.58. The summed E-state index contributed by atoms with van der Waals surface area (Å²) in [6.07, 6.45) is 1.85. The summed E-state index contributed by atoms with van der Waals surface area (Å²) in [6.45, 7) is 10.8. The Bertz CT molecular complexity index is 1560. The van der Waals surface area contributed by atoms with Gasteiger partial charge in [0.2, 0.25) is 11.8 Å². The molecular formula is C30H35N5O4S. The van der Waals surface area contributed by atoms with E-state index in [1.807, 2.05) is 32.0 Å². The molecule has 10 heteroatoms. The Balaban J connectivity index is 1.46. The third-order valence-corrected chi connectivity index (χ3v) is 9.57. The second kappa shape index (κ2) is 9.85. The van der Waals surface area contributed by atoms with Crippen LogP contribution in [0.2, 0.25) is 0 Å².